The number of nitrogens with zero attached hydrogens (tertiary/aromatic N) is 3. The van der Waals surface area contributed by atoms with Gasteiger partial charge in [-0.15, -0.1) is 0 Å². The van der Waals surface area contributed by atoms with E-state index < -0.39 is 5.82 Å². The molecule has 164 valence electrons. The Balaban J connectivity index is 1.47. The minimum Gasteiger partial charge on any atom is -0.335 e. The van der Waals surface area contributed by atoms with Gasteiger partial charge in [-0.1, -0.05) is 12.1 Å². The summed E-state index contributed by atoms with van der Waals surface area (Å²) >= 11 is 0. The topological polar surface area (TPSA) is 55.9 Å². The quantitative estimate of drug-likeness (QED) is 0.798. The van der Waals surface area contributed by atoms with Crippen LogP contribution in [0.15, 0.2) is 48.5 Å². The van der Waals surface area contributed by atoms with Crippen molar-refractivity contribution < 1.29 is 18.4 Å². The van der Waals surface area contributed by atoms with Gasteiger partial charge < -0.3 is 15.1 Å². The molecule has 2 aliphatic heterocycles. The van der Waals surface area contributed by atoms with E-state index in [1.54, 1.807) is 21.9 Å². The molecule has 0 spiro atoms. The number of hydrogen-bond acceptors (Lipinski definition) is 3. The third-order valence-electron chi connectivity index (χ3n) is 6.04. The van der Waals surface area contributed by atoms with Crippen molar-refractivity contribution in [2.24, 2.45) is 0 Å². The first-order valence-corrected chi connectivity index (χ1v) is 10.4. The van der Waals surface area contributed by atoms with Crippen LogP contribution in [0, 0.1) is 11.6 Å². The van der Waals surface area contributed by atoms with E-state index in [9.17, 15) is 18.4 Å². The number of hydrogen-bond donors (Lipinski definition) is 1. The fraction of sp³-hybridized carbons (Fsp3) is 0.391. The lowest BCUT2D eigenvalue weighted by atomic mass is 9.92. The molecule has 2 saturated heterocycles. The first kappa shape index (κ1) is 21.2. The van der Waals surface area contributed by atoms with Gasteiger partial charge in [0.1, 0.15) is 11.6 Å². The molecule has 2 aliphatic rings. The molecule has 31 heavy (non-hydrogen) atoms. The fourth-order valence-electron chi connectivity index (χ4n) is 4.57. The van der Waals surface area contributed by atoms with E-state index in [2.05, 4.69) is 24.1 Å². The Morgan fingerprint density at radius 3 is 2.35 bits per heavy atom. The van der Waals surface area contributed by atoms with E-state index in [0.29, 0.717) is 38.4 Å². The molecule has 0 aliphatic carbocycles. The van der Waals surface area contributed by atoms with Gasteiger partial charge in [0.05, 0.1) is 5.56 Å². The third kappa shape index (κ3) is 4.39. The van der Waals surface area contributed by atoms with Crippen LogP contribution in [0.3, 0.4) is 0 Å². The summed E-state index contributed by atoms with van der Waals surface area (Å²) < 4.78 is 27.3. The van der Waals surface area contributed by atoms with E-state index in [1.807, 2.05) is 0 Å². The Kier molecular flexibility index (Phi) is 5.66. The van der Waals surface area contributed by atoms with Crippen LogP contribution in [0.1, 0.15) is 24.2 Å². The molecule has 0 saturated carbocycles. The van der Waals surface area contributed by atoms with Crippen molar-refractivity contribution in [3.05, 3.63) is 65.7 Å². The number of carbonyl (C=O) groups excluding carboxylic acids is 2. The lowest BCUT2D eigenvalue weighted by Gasteiger charge is -2.55. The highest BCUT2D eigenvalue weighted by Crippen LogP contribution is 2.29. The van der Waals surface area contributed by atoms with Crippen molar-refractivity contribution in [1.82, 2.24) is 14.7 Å². The van der Waals surface area contributed by atoms with E-state index in [-0.39, 0.29) is 34.9 Å². The van der Waals surface area contributed by atoms with Crippen LogP contribution in [0.4, 0.5) is 19.3 Å². The molecular formula is C23H26F2N4O2. The van der Waals surface area contributed by atoms with E-state index in [0.717, 1.165) is 0 Å². The molecule has 3 amide bonds. The number of halogens is 2. The number of piperazine rings is 2. The summed E-state index contributed by atoms with van der Waals surface area (Å²) in [7, 11) is 0. The predicted octanol–water partition coefficient (Wildman–Crippen LogP) is 3.42. The molecular weight excluding hydrogens is 402 g/mol. The number of benzene rings is 2. The number of urea groups is 1. The maximum absolute atomic E-state index is 14.2. The number of amides is 3. The standard InChI is InChI=1S/C23H26F2N4O2/c1-23(2)15-28(21(30)19-5-3-4-6-20(19)25)14-18-13-27(11-12-29(18)23)22(31)26-17-9-7-16(24)8-10-17/h3-10,18H,11-15H2,1-2H3,(H,26,31). The number of rotatable bonds is 2. The van der Waals surface area contributed by atoms with Crippen LogP contribution < -0.4 is 5.32 Å². The Morgan fingerprint density at radius 1 is 0.968 bits per heavy atom. The molecule has 1 atom stereocenters. The molecule has 8 heteroatoms. The Hall–Kier alpha value is -3.00. The van der Waals surface area contributed by atoms with Crippen LogP contribution in [0.25, 0.3) is 0 Å². The first-order chi connectivity index (χ1) is 14.7. The summed E-state index contributed by atoms with van der Waals surface area (Å²) in [6.45, 7) is 6.70. The molecule has 6 nitrogen and oxygen atoms in total. The number of nitrogens with one attached hydrogen (secondary N) is 1. The Labute approximate surface area is 180 Å². The Bertz CT molecular complexity index is 980. The second-order valence-corrected chi connectivity index (χ2v) is 8.71. The largest absolute Gasteiger partial charge is 0.335 e. The summed E-state index contributed by atoms with van der Waals surface area (Å²) in [5.74, 6) is -1.23. The van der Waals surface area contributed by atoms with Crippen molar-refractivity contribution >= 4 is 17.6 Å². The van der Waals surface area contributed by atoms with Crippen molar-refractivity contribution in [2.45, 2.75) is 25.4 Å². The van der Waals surface area contributed by atoms with E-state index in [1.165, 1.54) is 36.4 Å². The van der Waals surface area contributed by atoms with Gasteiger partial charge in [-0.2, -0.15) is 0 Å². The van der Waals surface area contributed by atoms with Crippen molar-refractivity contribution in [2.75, 3.05) is 38.0 Å². The minimum atomic E-state index is -0.531. The van der Waals surface area contributed by atoms with Gasteiger partial charge in [0.15, 0.2) is 0 Å². The molecule has 4 rings (SSSR count). The monoisotopic (exact) mass is 428 g/mol. The summed E-state index contributed by atoms with van der Waals surface area (Å²) in [5.41, 5.74) is 0.284. The van der Waals surface area contributed by atoms with Crippen LogP contribution in [-0.4, -0.2) is 70.9 Å². The van der Waals surface area contributed by atoms with E-state index in [4.69, 9.17) is 0 Å². The van der Waals surface area contributed by atoms with Gasteiger partial charge in [0.25, 0.3) is 5.91 Å². The van der Waals surface area contributed by atoms with E-state index >= 15 is 0 Å². The second kappa shape index (κ2) is 8.26. The van der Waals surface area contributed by atoms with Crippen LogP contribution >= 0.6 is 0 Å². The predicted molar refractivity (Wildman–Crippen MR) is 114 cm³/mol. The lowest BCUT2D eigenvalue weighted by Crippen LogP contribution is -2.70. The smallest absolute Gasteiger partial charge is 0.321 e. The minimum absolute atomic E-state index is 0.0628. The zero-order valence-electron chi connectivity index (χ0n) is 17.6. The summed E-state index contributed by atoms with van der Waals surface area (Å²) in [5, 5.41) is 2.79. The molecule has 2 heterocycles. The fourth-order valence-corrected chi connectivity index (χ4v) is 4.57. The van der Waals surface area contributed by atoms with Gasteiger partial charge in [-0.05, 0) is 50.2 Å². The highest BCUT2D eigenvalue weighted by Gasteiger charge is 2.44. The van der Waals surface area contributed by atoms with Gasteiger partial charge in [0, 0.05) is 50.0 Å². The zero-order valence-corrected chi connectivity index (χ0v) is 17.6. The third-order valence-corrected chi connectivity index (χ3v) is 6.04. The molecule has 1 N–H and O–H groups in total. The SMILES string of the molecule is CC1(C)CN(C(=O)c2ccccc2F)CC2CN(C(=O)Nc3ccc(F)cc3)CCN21. The zero-order chi connectivity index (χ0) is 22.2. The van der Waals surface area contributed by atoms with Gasteiger partial charge in [-0.3, -0.25) is 9.69 Å². The molecule has 1 unspecified atom stereocenters. The molecule has 2 aromatic carbocycles. The van der Waals surface area contributed by atoms with Crippen molar-refractivity contribution in [3.8, 4) is 0 Å². The molecule has 2 fully saturated rings. The average Bonchev–Trinajstić information content (AvgIpc) is 2.74. The van der Waals surface area contributed by atoms with Crippen LogP contribution in [-0.2, 0) is 0 Å². The van der Waals surface area contributed by atoms with Gasteiger partial charge >= 0.3 is 6.03 Å². The highest BCUT2D eigenvalue weighted by molar-refractivity contribution is 5.94. The van der Waals surface area contributed by atoms with Gasteiger partial charge in [-0.25, -0.2) is 13.6 Å². The number of anilines is 1. The first-order valence-electron chi connectivity index (χ1n) is 10.4. The Morgan fingerprint density at radius 2 is 1.65 bits per heavy atom. The molecule has 0 bridgehead atoms. The highest BCUT2D eigenvalue weighted by atomic mass is 19.1. The van der Waals surface area contributed by atoms with Crippen molar-refractivity contribution in [1.29, 1.82) is 0 Å². The molecule has 0 radical (unpaired) electrons. The van der Waals surface area contributed by atoms with Crippen LogP contribution in [0.2, 0.25) is 0 Å². The van der Waals surface area contributed by atoms with Crippen molar-refractivity contribution in [3.63, 3.8) is 0 Å². The van der Waals surface area contributed by atoms with Gasteiger partial charge in [0.2, 0.25) is 0 Å². The number of fused-ring (bicyclic) bond motifs is 1. The summed E-state index contributed by atoms with van der Waals surface area (Å²) in [4.78, 5) is 31.5. The summed E-state index contributed by atoms with van der Waals surface area (Å²) in [6.07, 6.45) is 0. The average molecular weight is 428 g/mol. The lowest BCUT2D eigenvalue weighted by molar-refractivity contribution is -0.0473. The molecule has 2 aromatic rings. The maximum atomic E-state index is 14.2. The molecule has 0 aromatic heterocycles. The van der Waals surface area contributed by atoms with Crippen LogP contribution in [0.5, 0.6) is 0 Å². The second-order valence-electron chi connectivity index (χ2n) is 8.71. The number of carbonyl (C=O) groups is 2. The maximum Gasteiger partial charge on any atom is 0.321 e. The summed E-state index contributed by atoms with van der Waals surface area (Å²) in [6, 6.07) is 11.3. The normalized spacial score (nSPS) is 20.8.